The summed E-state index contributed by atoms with van der Waals surface area (Å²) in [5.74, 6) is -1.75. The predicted molar refractivity (Wildman–Crippen MR) is 71.5 cm³/mol. The van der Waals surface area contributed by atoms with Crippen molar-refractivity contribution >= 4 is 0 Å². The molecule has 1 heterocycles. The Morgan fingerprint density at radius 1 is 0.947 bits per heavy atom. The SMILES string of the molecule is CCCCCCCC[C@]1(O)O[C@H](C)[C@H](O)[C@H](O)[C@H]1O. The fourth-order valence-corrected chi connectivity index (χ4v) is 2.56. The summed E-state index contributed by atoms with van der Waals surface area (Å²) < 4.78 is 5.29. The van der Waals surface area contributed by atoms with Crippen LogP contribution >= 0.6 is 0 Å². The van der Waals surface area contributed by atoms with Gasteiger partial charge in [0, 0.05) is 6.42 Å². The van der Waals surface area contributed by atoms with Gasteiger partial charge in [0.15, 0.2) is 5.79 Å². The van der Waals surface area contributed by atoms with Crippen molar-refractivity contribution in [1.82, 2.24) is 0 Å². The lowest BCUT2D eigenvalue weighted by Gasteiger charge is -2.45. The van der Waals surface area contributed by atoms with Crippen LogP contribution in [0.1, 0.15) is 58.8 Å². The van der Waals surface area contributed by atoms with Crippen LogP contribution in [0.3, 0.4) is 0 Å². The summed E-state index contributed by atoms with van der Waals surface area (Å²) in [7, 11) is 0. The monoisotopic (exact) mass is 276 g/mol. The quantitative estimate of drug-likeness (QED) is 0.519. The molecule has 5 nitrogen and oxygen atoms in total. The molecule has 0 aliphatic carbocycles. The number of aliphatic hydroxyl groups excluding tert-OH is 3. The zero-order valence-electron chi connectivity index (χ0n) is 12.0. The van der Waals surface area contributed by atoms with Crippen LogP contribution in [-0.2, 0) is 4.74 Å². The van der Waals surface area contributed by atoms with Gasteiger partial charge < -0.3 is 25.2 Å². The molecule has 1 rings (SSSR count). The lowest BCUT2D eigenvalue weighted by molar-refractivity contribution is -0.345. The third-order valence-electron chi connectivity index (χ3n) is 3.90. The molecule has 4 N–H and O–H groups in total. The maximum absolute atomic E-state index is 10.3. The second kappa shape index (κ2) is 7.55. The molecule has 1 aliphatic rings. The van der Waals surface area contributed by atoms with Gasteiger partial charge in [-0.1, -0.05) is 39.0 Å². The van der Waals surface area contributed by atoms with E-state index in [1.54, 1.807) is 6.92 Å². The minimum atomic E-state index is -1.75. The van der Waals surface area contributed by atoms with E-state index in [1.165, 1.54) is 19.3 Å². The highest BCUT2D eigenvalue weighted by Gasteiger charge is 2.50. The molecular formula is C14H28O5. The molecule has 0 amide bonds. The molecule has 1 aliphatic heterocycles. The fraction of sp³-hybridized carbons (Fsp3) is 1.00. The van der Waals surface area contributed by atoms with Crippen molar-refractivity contribution in [2.45, 2.75) is 89.0 Å². The molecule has 0 aromatic carbocycles. The molecule has 114 valence electrons. The summed E-state index contributed by atoms with van der Waals surface area (Å²) in [5, 5.41) is 39.4. The highest BCUT2D eigenvalue weighted by molar-refractivity contribution is 4.94. The van der Waals surface area contributed by atoms with Gasteiger partial charge in [0.05, 0.1) is 6.10 Å². The summed E-state index contributed by atoms with van der Waals surface area (Å²) in [4.78, 5) is 0. The van der Waals surface area contributed by atoms with E-state index in [-0.39, 0.29) is 6.42 Å². The van der Waals surface area contributed by atoms with E-state index in [2.05, 4.69) is 6.92 Å². The molecule has 0 aromatic rings. The molecule has 5 atom stereocenters. The Morgan fingerprint density at radius 2 is 1.53 bits per heavy atom. The van der Waals surface area contributed by atoms with Gasteiger partial charge in [-0.3, -0.25) is 0 Å². The van der Waals surface area contributed by atoms with Crippen molar-refractivity contribution < 1.29 is 25.2 Å². The Kier molecular flexibility index (Phi) is 6.69. The number of aliphatic hydroxyl groups is 4. The first-order chi connectivity index (χ1) is 8.92. The first-order valence-electron chi connectivity index (χ1n) is 7.36. The van der Waals surface area contributed by atoms with Crippen LogP contribution in [0.5, 0.6) is 0 Å². The summed E-state index contributed by atoms with van der Waals surface area (Å²) in [6, 6.07) is 0. The average molecular weight is 276 g/mol. The molecule has 0 unspecified atom stereocenters. The molecule has 0 radical (unpaired) electrons. The van der Waals surface area contributed by atoms with Crippen molar-refractivity contribution in [3.63, 3.8) is 0 Å². The molecule has 5 heteroatoms. The van der Waals surface area contributed by atoms with Crippen molar-refractivity contribution in [3.05, 3.63) is 0 Å². The number of ether oxygens (including phenoxy) is 1. The van der Waals surface area contributed by atoms with Gasteiger partial charge in [-0.25, -0.2) is 0 Å². The Balaban J connectivity index is 2.37. The van der Waals surface area contributed by atoms with Crippen LogP contribution < -0.4 is 0 Å². The normalized spacial score (nSPS) is 39.5. The molecule has 1 saturated heterocycles. The maximum atomic E-state index is 10.3. The van der Waals surface area contributed by atoms with Crippen molar-refractivity contribution in [2.75, 3.05) is 0 Å². The van der Waals surface area contributed by atoms with E-state index in [4.69, 9.17) is 4.74 Å². The Morgan fingerprint density at radius 3 is 2.16 bits per heavy atom. The van der Waals surface area contributed by atoms with E-state index in [0.29, 0.717) is 0 Å². The number of unbranched alkanes of at least 4 members (excludes halogenated alkanes) is 5. The molecule has 0 bridgehead atoms. The molecule has 0 spiro atoms. The third-order valence-corrected chi connectivity index (χ3v) is 3.90. The Bertz CT molecular complexity index is 260. The second-order valence-corrected chi connectivity index (χ2v) is 5.61. The topological polar surface area (TPSA) is 90.2 Å². The highest BCUT2D eigenvalue weighted by atomic mass is 16.7. The van der Waals surface area contributed by atoms with Crippen molar-refractivity contribution in [1.29, 1.82) is 0 Å². The van der Waals surface area contributed by atoms with Gasteiger partial charge in [-0.05, 0) is 13.3 Å². The first-order valence-corrected chi connectivity index (χ1v) is 7.36. The van der Waals surface area contributed by atoms with Gasteiger partial charge in [0.25, 0.3) is 0 Å². The van der Waals surface area contributed by atoms with Crippen LogP contribution in [0.15, 0.2) is 0 Å². The molecule has 0 aromatic heterocycles. The number of hydrogen-bond donors (Lipinski definition) is 4. The van der Waals surface area contributed by atoms with E-state index in [9.17, 15) is 20.4 Å². The molecule has 19 heavy (non-hydrogen) atoms. The second-order valence-electron chi connectivity index (χ2n) is 5.61. The smallest absolute Gasteiger partial charge is 0.195 e. The summed E-state index contributed by atoms with van der Waals surface area (Å²) in [5.41, 5.74) is 0. The molecule has 1 fully saturated rings. The molecular weight excluding hydrogens is 248 g/mol. The zero-order valence-corrected chi connectivity index (χ0v) is 12.0. The number of hydrogen-bond acceptors (Lipinski definition) is 5. The minimum Gasteiger partial charge on any atom is -0.388 e. The largest absolute Gasteiger partial charge is 0.388 e. The zero-order chi connectivity index (χ0) is 14.5. The van der Waals surface area contributed by atoms with Gasteiger partial charge in [0.1, 0.15) is 18.3 Å². The molecule has 0 saturated carbocycles. The predicted octanol–water partition coefficient (Wildman–Crippen LogP) is 0.927. The Labute approximate surface area is 115 Å². The van der Waals surface area contributed by atoms with Crippen LogP contribution in [0, 0.1) is 0 Å². The lowest BCUT2D eigenvalue weighted by atomic mass is 9.89. The van der Waals surface area contributed by atoms with E-state index >= 15 is 0 Å². The minimum absolute atomic E-state index is 0.272. The fourth-order valence-electron chi connectivity index (χ4n) is 2.56. The summed E-state index contributed by atoms with van der Waals surface area (Å²) in [6.45, 7) is 3.73. The van der Waals surface area contributed by atoms with E-state index in [1.807, 2.05) is 0 Å². The van der Waals surface area contributed by atoms with Gasteiger partial charge in [-0.15, -0.1) is 0 Å². The Hall–Kier alpha value is -0.200. The van der Waals surface area contributed by atoms with E-state index in [0.717, 1.165) is 19.3 Å². The van der Waals surface area contributed by atoms with E-state index < -0.39 is 30.2 Å². The first kappa shape index (κ1) is 16.9. The highest BCUT2D eigenvalue weighted by Crippen LogP contribution is 2.32. The lowest BCUT2D eigenvalue weighted by Crippen LogP contribution is -2.63. The van der Waals surface area contributed by atoms with Crippen LogP contribution in [-0.4, -0.2) is 50.6 Å². The van der Waals surface area contributed by atoms with Crippen molar-refractivity contribution in [2.24, 2.45) is 0 Å². The summed E-state index contributed by atoms with van der Waals surface area (Å²) in [6.07, 6.45) is 1.95. The van der Waals surface area contributed by atoms with Gasteiger partial charge in [-0.2, -0.15) is 0 Å². The maximum Gasteiger partial charge on any atom is 0.195 e. The average Bonchev–Trinajstić information content (AvgIpc) is 2.38. The van der Waals surface area contributed by atoms with Crippen LogP contribution in [0.2, 0.25) is 0 Å². The van der Waals surface area contributed by atoms with Gasteiger partial charge >= 0.3 is 0 Å². The van der Waals surface area contributed by atoms with Gasteiger partial charge in [0.2, 0.25) is 0 Å². The van der Waals surface area contributed by atoms with Crippen molar-refractivity contribution in [3.8, 4) is 0 Å². The standard InChI is InChI=1S/C14H28O5/c1-3-4-5-6-7-8-9-14(18)13(17)12(16)11(15)10(2)19-14/h10-13,15-18H,3-9H2,1-2H3/t10-,11+,12+,13-,14+/m1/s1. The van der Waals surface area contributed by atoms with Crippen LogP contribution in [0.4, 0.5) is 0 Å². The van der Waals surface area contributed by atoms with Crippen LogP contribution in [0.25, 0.3) is 0 Å². The number of rotatable bonds is 7. The third kappa shape index (κ3) is 4.39. The summed E-state index contributed by atoms with van der Waals surface area (Å²) >= 11 is 0.